The second kappa shape index (κ2) is 9.20. The van der Waals surface area contributed by atoms with Crippen LogP contribution in [0, 0.1) is 0 Å². The molecule has 3 aromatic rings. The van der Waals surface area contributed by atoms with Crippen LogP contribution in [0.5, 0.6) is 0 Å². The minimum atomic E-state index is -0.112. The lowest BCUT2D eigenvalue weighted by Gasteiger charge is -2.14. The van der Waals surface area contributed by atoms with Gasteiger partial charge in [0.2, 0.25) is 5.91 Å². The first-order valence-electron chi connectivity index (χ1n) is 8.62. The highest BCUT2D eigenvalue weighted by Gasteiger charge is 2.16. The van der Waals surface area contributed by atoms with Crippen LogP contribution in [0.2, 0.25) is 0 Å². The normalized spacial score (nSPS) is 11.9. The molecule has 0 fully saturated rings. The van der Waals surface area contributed by atoms with Crippen LogP contribution >= 0.6 is 11.8 Å². The van der Waals surface area contributed by atoms with E-state index in [0.717, 1.165) is 34.8 Å². The molecular formula is C20H22N4OS. The van der Waals surface area contributed by atoms with Crippen molar-refractivity contribution in [1.82, 2.24) is 20.3 Å². The molecule has 0 bridgehead atoms. The van der Waals surface area contributed by atoms with Crippen molar-refractivity contribution in [2.24, 2.45) is 0 Å². The highest BCUT2D eigenvalue weighted by molar-refractivity contribution is 7.99. The van der Waals surface area contributed by atoms with Gasteiger partial charge >= 0.3 is 0 Å². The number of nitrogens with zero attached hydrogens (tertiary/aromatic N) is 2. The maximum atomic E-state index is 12.3. The van der Waals surface area contributed by atoms with Crippen LogP contribution in [-0.4, -0.2) is 26.6 Å². The first-order chi connectivity index (χ1) is 12.8. The Bertz CT molecular complexity index is 820. The summed E-state index contributed by atoms with van der Waals surface area (Å²) in [5.74, 6) is 1.99. The van der Waals surface area contributed by atoms with Gasteiger partial charge in [0.1, 0.15) is 5.82 Å². The molecule has 0 aliphatic carbocycles. The molecule has 0 radical (unpaired) electrons. The quantitative estimate of drug-likeness (QED) is 0.633. The van der Waals surface area contributed by atoms with Crippen molar-refractivity contribution < 1.29 is 4.79 Å². The molecule has 134 valence electrons. The van der Waals surface area contributed by atoms with Crippen molar-refractivity contribution in [3.8, 4) is 11.3 Å². The lowest BCUT2D eigenvalue weighted by molar-refractivity contribution is -0.119. The zero-order chi connectivity index (χ0) is 18.2. The van der Waals surface area contributed by atoms with Crippen LogP contribution in [0.1, 0.15) is 30.8 Å². The van der Waals surface area contributed by atoms with E-state index < -0.39 is 0 Å². The van der Waals surface area contributed by atoms with Crippen LogP contribution in [-0.2, 0) is 10.5 Å². The van der Waals surface area contributed by atoms with Gasteiger partial charge in [0.15, 0.2) is 0 Å². The van der Waals surface area contributed by atoms with Gasteiger partial charge in [-0.1, -0.05) is 43.3 Å². The SMILES string of the molecule is CC[C@@H](NC(=O)CSCc1cccnc1)c1ncc(-c2ccccc2)[nH]1. The zero-order valence-electron chi connectivity index (χ0n) is 14.7. The lowest BCUT2D eigenvalue weighted by Crippen LogP contribution is -2.30. The molecule has 1 aromatic carbocycles. The van der Waals surface area contributed by atoms with Crippen LogP contribution in [0.4, 0.5) is 0 Å². The Labute approximate surface area is 157 Å². The predicted molar refractivity (Wildman–Crippen MR) is 106 cm³/mol. The number of carbonyl (C=O) groups is 1. The Kier molecular flexibility index (Phi) is 6.44. The van der Waals surface area contributed by atoms with E-state index in [2.05, 4.69) is 20.3 Å². The first-order valence-corrected chi connectivity index (χ1v) is 9.78. The monoisotopic (exact) mass is 366 g/mol. The van der Waals surface area contributed by atoms with Gasteiger partial charge in [-0.25, -0.2) is 4.98 Å². The third kappa shape index (κ3) is 4.95. The average molecular weight is 366 g/mol. The van der Waals surface area contributed by atoms with Crippen molar-refractivity contribution in [3.05, 3.63) is 72.4 Å². The topological polar surface area (TPSA) is 70.7 Å². The van der Waals surface area contributed by atoms with E-state index >= 15 is 0 Å². The second-order valence-electron chi connectivity index (χ2n) is 5.93. The molecule has 0 saturated carbocycles. The van der Waals surface area contributed by atoms with Crippen molar-refractivity contribution in [3.63, 3.8) is 0 Å². The van der Waals surface area contributed by atoms with Gasteiger partial charge < -0.3 is 10.3 Å². The molecule has 2 heterocycles. The molecular weight excluding hydrogens is 344 g/mol. The van der Waals surface area contributed by atoms with Gasteiger partial charge in [-0.05, 0) is 23.6 Å². The average Bonchev–Trinajstić information content (AvgIpc) is 3.18. The smallest absolute Gasteiger partial charge is 0.230 e. The van der Waals surface area contributed by atoms with Gasteiger partial charge in [-0.3, -0.25) is 9.78 Å². The molecule has 0 spiro atoms. The Morgan fingerprint density at radius 2 is 2.04 bits per heavy atom. The number of thioether (sulfide) groups is 1. The predicted octanol–water partition coefficient (Wildman–Crippen LogP) is 3.97. The zero-order valence-corrected chi connectivity index (χ0v) is 15.5. The maximum absolute atomic E-state index is 12.3. The van der Waals surface area contributed by atoms with E-state index in [1.54, 1.807) is 18.0 Å². The number of H-pyrrole nitrogens is 1. The van der Waals surface area contributed by atoms with Gasteiger partial charge in [-0.2, -0.15) is 0 Å². The number of aromatic nitrogens is 3. The molecule has 0 aliphatic heterocycles. The molecule has 0 saturated heterocycles. The minimum absolute atomic E-state index is 0.0170. The van der Waals surface area contributed by atoms with E-state index in [9.17, 15) is 4.79 Å². The molecule has 26 heavy (non-hydrogen) atoms. The molecule has 2 N–H and O–H groups in total. The number of amides is 1. The largest absolute Gasteiger partial charge is 0.345 e. The number of pyridine rings is 1. The first kappa shape index (κ1) is 18.2. The molecule has 2 aromatic heterocycles. The van der Waals surface area contributed by atoms with E-state index in [1.807, 2.05) is 61.8 Å². The lowest BCUT2D eigenvalue weighted by atomic mass is 10.2. The maximum Gasteiger partial charge on any atom is 0.230 e. The number of imidazole rings is 1. The number of benzene rings is 1. The van der Waals surface area contributed by atoms with Crippen molar-refractivity contribution in [1.29, 1.82) is 0 Å². The summed E-state index contributed by atoms with van der Waals surface area (Å²) in [4.78, 5) is 24.1. The van der Waals surface area contributed by atoms with Gasteiger partial charge in [-0.15, -0.1) is 11.8 Å². The molecule has 0 unspecified atom stereocenters. The summed E-state index contributed by atoms with van der Waals surface area (Å²) in [6.07, 6.45) is 6.17. The molecule has 1 amide bonds. The standard InChI is InChI=1S/C20H22N4OS/c1-2-17(20-22-12-18(24-20)16-8-4-3-5-9-16)23-19(25)14-26-13-15-7-6-10-21-11-15/h3-12,17H,2,13-14H2,1H3,(H,22,24)(H,23,25)/t17-/m1/s1. The van der Waals surface area contributed by atoms with Gasteiger partial charge in [0, 0.05) is 18.1 Å². The summed E-state index contributed by atoms with van der Waals surface area (Å²) >= 11 is 1.58. The van der Waals surface area contributed by atoms with Crippen molar-refractivity contribution >= 4 is 17.7 Å². The summed E-state index contributed by atoms with van der Waals surface area (Å²) in [5, 5.41) is 3.06. The summed E-state index contributed by atoms with van der Waals surface area (Å²) < 4.78 is 0. The van der Waals surface area contributed by atoms with Crippen molar-refractivity contribution in [2.75, 3.05) is 5.75 Å². The third-order valence-electron chi connectivity index (χ3n) is 3.98. The Morgan fingerprint density at radius 3 is 2.77 bits per heavy atom. The Balaban J connectivity index is 1.54. The molecule has 5 nitrogen and oxygen atoms in total. The number of carbonyl (C=O) groups excluding carboxylic acids is 1. The highest BCUT2D eigenvalue weighted by Crippen LogP contribution is 2.20. The highest BCUT2D eigenvalue weighted by atomic mass is 32.2. The van der Waals surface area contributed by atoms with Gasteiger partial charge in [0.25, 0.3) is 0 Å². The van der Waals surface area contributed by atoms with E-state index in [0.29, 0.717) is 5.75 Å². The number of hydrogen-bond donors (Lipinski definition) is 2. The number of rotatable bonds is 8. The van der Waals surface area contributed by atoms with E-state index in [-0.39, 0.29) is 11.9 Å². The van der Waals surface area contributed by atoms with Crippen LogP contribution in [0.15, 0.2) is 61.1 Å². The van der Waals surface area contributed by atoms with Crippen molar-refractivity contribution in [2.45, 2.75) is 25.1 Å². The van der Waals surface area contributed by atoms with E-state index in [1.165, 1.54) is 0 Å². The molecule has 6 heteroatoms. The Morgan fingerprint density at radius 1 is 1.19 bits per heavy atom. The number of nitrogens with one attached hydrogen (secondary N) is 2. The summed E-state index contributed by atoms with van der Waals surface area (Å²) in [7, 11) is 0. The molecule has 0 aliphatic rings. The fourth-order valence-electron chi connectivity index (χ4n) is 2.62. The van der Waals surface area contributed by atoms with Crippen LogP contribution < -0.4 is 5.32 Å². The molecule has 3 rings (SSSR count). The van der Waals surface area contributed by atoms with Crippen LogP contribution in [0.3, 0.4) is 0 Å². The summed E-state index contributed by atoms with van der Waals surface area (Å²) in [6, 6.07) is 13.9. The summed E-state index contributed by atoms with van der Waals surface area (Å²) in [6.45, 7) is 2.04. The van der Waals surface area contributed by atoms with E-state index in [4.69, 9.17) is 0 Å². The van der Waals surface area contributed by atoms with Crippen LogP contribution in [0.25, 0.3) is 11.3 Å². The third-order valence-corrected chi connectivity index (χ3v) is 4.98. The minimum Gasteiger partial charge on any atom is -0.345 e. The number of hydrogen-bond acceptors (Lipinski definition) is 4. The summed E-state index contributed by atoms with van der Waals surface area (Å²) in [5.41, 5.74) is 3.16. The number of aromatic amines is 1. The van der Waals surface area contributed by atoms with Gasteiger partial charge in [0.05, 0.1) is 23.7 Å². The fraction of sp³-hybridized carbons (Fsp3) is 0.250. The molecule has 1 atom stereocenters. The fourth-order valence-corrected chi connectivity index (χ4v) is 3.40. The Hall–Kier alpha value is -2.60. The second-order valence-corrected chi connectivity index (χ2v) is 6.92.